The third-order valence-corrected chi connectivity index (χ3v) is 16.5. The van der Waals surface area contributed by atoms with Gasteiger partial charge in [0.1, 0.15) is 0 Å². The molecule has 1 radical (unpaired) electrons. The second-order valence-electron chi connectivity index (χ2n) is 13.0. The zero-order chi connectivity index (χ0) is 40.7. The Morgan fingerprint density at radius 3 is 0.350 bits per heavy atom. The Morgan fingerprint density at radius 2 is 0.267 bits per heavy atom. The zero-order valence-corrected chi connectivity index (χ0v) is 37.5. The number of rotatable bonds is 9. The average molecular weight is 919 g/mol. The van der Waals surface area contributed by atoms with Crippen molar-refractivity contribution in [2.75, 3.05) is 0 Å². The molecule has 5 heteroatoms. The van der Waals surface area contributed by atoms with Gasteiger partial charge in [-0.25, -0.2) is 0 Å². The largest absolute Gasteiger partial charge is 2.00 e. The van der Waals surface area contributed by atoms with E-state index in [1.165, 1.54) is 47.7 Å². The molecule has 9 aromatic rings. The third kappa shape index (κ3) is 13.3. The van der Waals surface area contributed by atoms with Crippen LogP contribution in [0.2, 0.25) is 0 Å². The first-order chi connectivity index (χ1) is 29.3. The van der Waals surface area contributed by atoms with Gasteiger partial charge in [-0.1, -0.05) is 273 Å². The van der Waals surface area contributed by atoms with Crippen LogP contribution in [0.1, 0.15) is 0 Å². The molecule has 0 fully saturated rings. The van der Waals surface area contributed by atoms with E-state index in [1.807, 2.05) is 0 Å². The maximum absolute atomic E-state index is 7.75. The topological polar surface area (TPSA) is 17.1 Å². The van der Waals surface area contributed by atoms with Crippen LogP contribution in [-0.4, -0.2) is 6.79 Å². The monoisotopic (exact) mass is 918 g/mol. The van der Waals surface area contributed by atoms with Gasteiger partial charge in [-0.05, 0) is 71.5 Å². The van der Waals surface area contributed by atoms with E-state index in [0.29, 0.717) is 0 Å². The zero-order valence-electron chi connectivity index (χ0n) is 33.1. The summed E-state index contributed by atoms with van der Waals surface area (Å²) in [5.74, 6) is 0. The molecule has 0 heterocycles. The molecule has 0 atom stereocenters. The normalized spacial score (nSPS) is 10.1. The molecule has 0 bridgehead atoms. The van der Waals surface area contributed by atoms with Crippen molar-refractivity contribution in [3.63, 3.8) is 0 Å². The Labute approximate surface area is 373 Å². The fourth-order valence-electron chi connectivity index (χ4n) is 6.54. The predicted molar refractivity (Wildman–Crippen MR) is 262 cm³/mol. The maximum atomic E-state index is 7.75. The average Bonchev–Trinajstić information content (AvgIpc) is 3.34. The third-order valence-electron chi connectivity index (χ3n) is 9.13. The molecule has 0 N–H and O–H groups in total. The van der Waals surface area contributed by atoms with Crippen LogP contribution in [0.3, 0.4) is 0 Å². The number of carbonyl (C=O) groups excluding carboxylic acids is 1. The molecule has 0 aliphatic heterocycles. The fraction of sp³-hybridized carbons (Fsp3) is 0. The van der Waals surface area contributed by atoms with Crippen LogP contribution in [-0.2, 0) is 24.3 Å². The molecule has 60 heavy (non-hydrogen) atoms. The molecular formula is C55H46OP3Rh+. The molecule has 0 aliphatic carbocycles. The SMILES string of the molecule is [CH-]=O.[Rh+2].c1ccc(P(c2ccccc2)c2ccccc2)cc1.c1ccc(P(c2ccccc2)c2ccccc2)cc1.c1ccc(P(c2ccccc2)c2ccccc2)cc1. The van der Waals surface area contributed by atoms with Crippen LogP contribution in [0.5, 0.6) is 0 Å². The first kappa shape index (κ1) is 45.6. The second-order valence-corrected chi connectivity index (χ2v) is 19.7. The summed E-state index contributed by atoms with van der Waals surface area (Å²) >= 11 is 0. The molecule has 0 unspecified atom stereocenters. The van der Waals surface area contributed by atoms with E-state index in [-0.39, 0.29) is 19.5 Å². The minimum Gasteiger partial charge on any atom is -0.545 e. The Kier molecular flexibility index (Phi) is 19.7. The van der Waals surface area contributed by atoms with Crippen molar-refractivity contribution < 1.29 is 24.3 Å². The van der Waals surface area contributed by atoms with E-state index in [1.54, 1.807) is 0 Å². The van der Waals surface area contributed by atoms with Crippen molar-refractivity contribution in [1.82, 2.24) is 0 Å². The Bertz CT molecular complexity index is 1890. The van der Waals surface area contributed by atoms with Crippen LogP contribution in [0.15, 0.2) is 273 Å². The Morgan fingerprint density at radius 1 is 0.183 bits per heavy atom. The molecule has 295 valence electrons. The molecule has 0 aliphatic rings. The van der Waals surface area contributed by atoms with Gasteiger partial charge >= 0.3 is 19.5 Å². The van der Waals surface area contributed by atoms with Crippen LogP contribution in [0.4, 0.5) is 0 Å². The van der Waals surface area contributed by atoms with Crippen molar-refractivity contribution in [2.24, 2.45) is 0 Å². The minimum atomic E-state index is -0.446. The van der Waals surface area contributed by atoms with Crippen LogP contribution in [0, 0.1) is 0 Å². The fourth-order valence-corrected chi connectivity index (χ4v) is 13.5. The molecule has 0 saturated carbocycles. The molecule has 9 rings (SSSR count). The van der Waals surface area contributed by atoms with Crippen LogP contribution >= 0.6 is 23.8 Å². The molecule has 9 aromatic carbocycles. The van der Waals surface area contributed by atoms with Crippen molar-refractivity contribution in [1.29, 1.82) is 0 Å². The van der Waals surface area contributed by atoms with Gasteiger partial charge < -0.3 is 4.79 Å². The maximum Gasteiger partial charge on any atom is 2.00 e. The van der Waals surface area contributed by atoms with Gasteiger partial charge in [0.15, 0.2) is 0 Å². The smallest absolute Gasteiger partial charge is 0.545 e. The summed E-state index contributed by atoms with van der Waals surface area (Å²) in [4.78, 5) is 7.75. The van der Waals surface area contributed by atoms with E-state index in [2.05, 4.69) is 280 Å². The van der Waals surface area contributed by atoms with Gasteiger partial charge in [0.2, 0.25) is 0 Å². The Balaban J connectivity index is 0.000000166. The van der Waals surface area contributed by atoms with E-state index in [9.17, 15) is 0 Å². The van der Waals surface area contributed by atoms with Gasteiger partial charge in [0.05, 0.1) is 0 Å². The first-order valence-corrected chi connectivity index (χ1v) is 23.5. The van der Waals surface area contributed by atoms with Crippen molar-refractivity contribution in [2.45, 2.75) is 0 Å². The van der Waals surface area contributed by atoms with E-state index in [4.69, 9.17) is 4.79 Å². The summed E-state index contributed by atoms with van der Waals surface area (Å²) in [5, 5.41) is 12.6. The summed E-state index contributed by atoms with van der Waals surface area (Å²) in [5.41, 5.74) is 0. The van der Waals surface area contributed by atoms with Gasteiger partial charge in [-0.15, -0.1) is 0 Å². The van der Waals surface area contributed by atoms with Crippen molar-refractivity contribution >= 4 is 78.3 Å². The first-order valence-electron chi connectivity index (χ1n) is 19.4. The molecule has 1 nitrogen and oxygen atoms in total. The number of hydrogen-bond acceptors (Lipinski definition) is 1. The Hall–Kier alpha value is -5.44. The summed E-state index contributed by atoms with van der Waals surface area (Å²) < 4.78 is 0. The second kappa shape index (κ2) is 25.9. The molecular weight excluding hydrogens is 872 g/mol. The van der Waals surface area contributed by atoms with Gasteiger partial charge in [-0.2, -0.15) is 0 Å². The minimum absolute atomic E-state index is 0. The molecule has 0 spiro atoms. The molecule has 0 saturated heterocycles. The van der Waals surface area contributed by atoms with Crippen LogP contribution in [0.25, 0.3) is 0 Å². The quantitative estimate of drug-likeness (QED) is 0.0611. The summed E-state index contributed by atoms with van der Waals surface area (Å²) in [6, 6.07) is 97.0. The van der Waals surface area contributed by atoms with Crippen LogP contribution < -0.4 is 47.7 Å². The summed E-state index contributed by atoms with van der Waals surface area (Å²) in [6.45, 7) is 3.25. The van der Waals surface area contributed by atoms with E-state index < -0.39 is 23.8 Å². The standard InChI is InChI=1S/3C18H15P.CHO.Rh/c3*1-4-10-16(11-5-1)19(17-12-6-2-7-13-17)18-14-8-3-9-15-18;1-2;/h3*1-15H;1H;/q;;;-1;+2. The number of benzene rings is 9. The molecule has 0 aromatic heterocycles. The van der Waals surface area contributed by atoms with E-state index >= 15 is 0 Å². The summed E-state index contributed by atoms with van der Waals surface area (Å²) in [7, 11) is -1.34. The van der Waals surface area contributed by atoms with Gasteiger partial charge in [0, 0.05) is 0 Å². The van der Waals surface area contributed by atoms with Crippen molar-refractivity contribution in [3.05, 3.63) is 273 Å². The van der Waals surface area contributed by atoms with Gasteiger partial charge in [-0.3, -0.25) is 6.79 Å². The molecule has 0 amide bonds. The summed E-state index contributed by atoms with van der Waals surface area (Å²) in [6.07, 6.45) is 0. The van der Waals surface area contributed by atoms with Gasteiger partial charge in [0.25, 0.3) is 0 Å². The van der Waals surface area contributed by atoms with E-state index in [0.717, 1.165) is 0 Å². The number of hydrogen-bond donors (Lipinski definition) is 0. The van der Waals surface area contributed by atoms with Crippen molar-refractivity contribution in [3.8, 4) is 0 Å². The predicted octanol–water partition coefficient (Wildman–Crippen LogP) is 10.1.